The molecule has 1 aromatic carbocycles. The summed E-state index contributed by atoms with van der Waals surface area (Å²) in [4.78, 5) is 24.5. The zero-order valence-electron chi connectivity index (χ0n) is 20.7. The van der Waals surface area contributed by atoms with Crippen molar-refractivity contribution in [3.8, 4) is 11.5 Å². The Kier molecular flexibility index (Phi) is 11.2. The molecule has 0 N–H and O–H groups in total. The minimum Gasteiger partial charge on any atom is -0.489 e. The Balaban J connectivity index is 2.46. The van der Waals surface area contributed by atoms with Crippen molar-refractivity contribution >= 4 is 16.6 Å². The minimum atomic E-state index is -0.428. The van der Waals surface area contributed by atoms with Crippen molar-refractivity contribution in [2.75, 3.05) is 6.61 Å². The predicted octanol–water partition coefficient (Wildman–Crippen LogP) is 7.02. The fraction of sp³-hybridized carbons (Fsp3) is 0.654. The summed E-state index contributed by atoms with van der Waals surface area (Å²) >= 11 is 0. The molecule has 0 unspecified atom stereocenters. The van der Waals surface area contributed by atoms with Crippen molar-refractivity contribution in [3.05, 3.63) is 38.7 Å². The van der Waals surface area contributed by atoms with Gasteiger partial charge in [0.1, 0.15) is 0 Å². The Morgan fingerprint density at radius 1 is 0.939 bits per heavy atom. The summed E-state index contributed by atoms with van der Waals surface area (Å²) < 4.78 is 13.7. The Hall–Kier alpha value is -2.57. The predicted molar refractivity (Wildman–Crippen MR) is 134 cm³/mol. The summed E-state index contributed by atoms with van der Waals surface area (Å²) in [6.07, 6.45) is 10.5. The molecule has 7 heteroatoms. The van der Waals surface area contributed by atoms with Crippen LogP contribution >= 0.6 is 0 Å². The lowest BCUT2D eigenvalue weighted by atomic mass is 10.1. The molecule has 2 rings (SSSR count). The zero-order chi connectivity index (χ0) is 24.2. The molecule has 1 heterocycles. The van der Waals surface area contributed by atoms with Gasteiger partial charge < -0.3 is 14.0 Å². The minimum absolute atomic E-state index is 0.0370. The summed E-state index contributed by atoms with van der Waals surface area (Å²) in [6.45, 7) is 9.06. The van der Waals surface area contributed by atoms with Crippen LogP contribution in [0.5, 0.6) is 11.5 Å². The van der Waals surface area contributed by atoms with Gasteiger partial charge in [0.2, 0.25) is 5.75 Å². The van der Waals surface area contributed by atoms with E-state index in [9.17, 15) is 14.9 Å². The average molecular weight is 461 g/mol. The monoisotopic (exact) mass is 460 g/mol. The van der Waals surface area contributed by atoms with Gasteiger partial charge in [-0.15, -0.1) is 0 Å². The number of nitro groups is 1. The summed E-state index contributed by atoms with van der Waals surface area (Å²) in [5.74, 6) is 0.599. The number of unbranched alkanes of at least 4 members (excludes halogenated alkanes) is 8. The van der Waals surface area contributed by atoms with E-state index < -0.39 is 4.92 Å². The second kappa shape index (κ2) is 13.9. The van der Waals surface area contributed by atoms with Crippen molar-refractivity contribution in [2.24, 2.45) is 0 Å². The van der Waals surface area contributed by atoms with Crippen LogP contribution in [0.3, 0.4) is 0 Å². The van der Waals surface area contributed by atoms with Gasteiger partial charge in [0.25, 0.3) is 11.2 Å². The van der Waals surface area contributed by atoms with E-state index in [0.29, 0.717) is 29.8 Å². The van der Waals surface area contributed by atoms with Gasteiger partial charge in [-0.2, -0.15) is 0 Å². The molecular formula is C26H40N2O5. The molecule has 0 spiro atoms. The lowest BCUT2D eigenvalue weighted by Crippen LogP contribution is -2.25. The van der Waals surface area contributed by atoms with Gasteiger partial charge in [0.15, 0.2) is 5.75 Å². The highest BCUT2D eigenvalue weighted by Crippen LogP contribution is 2.35. The Labute approximate surface area is 197 Å². The molecule has 0 aliphatic rings. The Morgan fingerprint density at radius 2 is 1.58 bits per heavy atom. The first-order valence-electron chi connectivity index (χ1n) is 12.5. The second-order valence-corrected chi connectivity index (χ2v) is 8.92. The average Bonchev–Trinajstić information content (AvgIpc) is 2.78. The first-order valence-corrected chi connectivity index (χ1v) is 12.5. The molecule has 0 saturated heterocycles. The molecule has 0 saturated carbocycles. The van der Waals surface area contributed by atoms with Crippen molar-refractivity contribution in [2.45, 2.75) is 105 Å². The Morgan fingerprint density at radius 3 is 2.21 bits per heavy atom. The van der Waals surface area contributed by atoms with E-state index in [0.717, 1.165) is 44.9 Å². The zero-order valence-corrected chi connectivity index (χ0v) is 20.7. The van der Waals surface area contributed by atoms with Crippen molar-refractivity contribution in [1.29, 1.82) is 0 Å². The lowest BCUT2D eigenvalue weighted by Gasteiger charge is -2.20. The van der Waals surface area contributed by atoms with Crippen molar-refractivity contribution in [3.63, 3.8) is 0 Å². The van der Waals surface area contributed by atoms with Crippen LogP contribution in [0.25, 0.3) is 10.9 Å². The van der Waals surface area contributed by atoms with Crippen LogP contribution in [0.1, 0.15) is 91.9 Å². The van der Waals surface area contributed by atoms with E-state index in [1.54, 1.807) is 10.6 Å². The highest BCUT2D eigenvalue weighted by molar-refractivity contribution is 5.89. The number of hydrogen-bond donors (Lipinski definition) is 0. The quantitative estimate of drug-likeness (QED) is 0.153. The van der Waals surface area contributed by atoms with E-state index >= 15 is 0 Å². The molecule has 0 fully saturated rings. The van der Waals surface area contributed by atoms with E-state index in [-0.39, 0.29) is 23.1 Å². The van der Waals surface area contributed by atoms with Crippen molar-refractivity contribution in [1.82, 2.24) is 4.57 Å². The summed E-state index contributed by atoms with van der Waals surface area (Å²) in [7, 11) is 0. The number of aromatic nitrogens is 1. The van der Waals surface area contributed by atoms with Crippen LogP contribution in [0, 0.1) is 10.1 Å². The molecule has 1 aromatic heterocycles. The Bertz CT molecular complexity index is 952. The van der Waals surface area contributed by atoms with Gasteiger partial charge >= 0.3 is 0 Å². The third kappa shape index (κ3) is 7.76. The van der Waals surface area contributed by atoms with Crippen LogP contribution in [0.4, 0.5) is 5.69 Å². The number of non-ortho nitro benzene ring substituents is 1. The topological polar surface area (TPSA) is 83.6 Å². The van der Waals surface area contributed by atoms with Crippen molar-refractivity contribution < 1.29 is 14.4 Å². The number of nitrogens with zero attached hydrogens (tertiary/aromatic N) is 2. The fourth-order valence-corrected chi connectivity index (χ4v) is 3.96. The second-order valence-electron chi connectivity index (χ2n) is 8.92. The van der Waals surface area contributed by atoms with E-state index in [1.165, 1.54) is 31.4 Å². The van der Waals surface area contributed by atoms with Crippen LogP contribution in [0.2, 0.25) is 0 Å². The van der Waals surface area contributed by atoms with Gasteiger partial charge in [-0.3, -0.25) is 14.9 Å². The number of fused-ring (bicyclic) bond motifs is 1. The number of nitro benzene ring substituents is 1. The van der Waals surface area contributed by atoms with Gasteiger partial charge in [-0.25, -0.2) is 0 Å². The highest BCUT2D eigenvalue weighted by atomic mass is 16.6. The van der Waals surface area contributed by atoms with E-state index in [1.807, 2.05) is 13.8 Å². The summed E-state index contributed by atoms with van der Waals surface area (Å²) in [5, 5.41) is 12.1. The van der Waals surface area contributed by atoms with Gasteiger partial charge in [-0.05, 0) is 32.8 Å². The largest absolute Gasteiger partial charge is 0.489 e. The molecule has 0 aliphatic carbocycles. The number of ether oxygens (including phenoxy) is 2. The summed E-state index contributed by atoms with van der Waals surface area (Å²) in [6, 6.07) is 4.63. The first kappa shape index (κ1) is 26.7. The molecule has 0 atom stereocenters. The van der Waals surface area contributed by atoms with E-state index in [2.05, 4.69) is 13.8 Å². The molecule has 184 valence electrons. The standard InChI is InChI=1S/C26H40N2O5/c1-5-7-9-11-12-13-17-27-23-19-21(28(30)31)15-16-22(23)24(32-18-14-10-8-6-2)25(26(27)29)33-20(3)4/h15-16,19-20H,5-14,17-18H2,1-4H3. The van der Waals surface area contributed by atoms with Crippen LogP contribution in [-0.2, 0) is 6.54 Å². The maximum Gasteiger partial charge on any atom is 0.297 e. The lowest BCUT2D eigenvalue weighted by molar-refractivity contribution is -0.384. The van der Waals surface area contributed by atoms with E-state index in [4.69, 9.17) is 9.47 Å². The van der Waals surface area contributed by atoms with Gasteiger partial charge in [-0.1, -0.05) is 65.2 Å². The number of pyridine rings is 1. The molecule has 0 aliphatic heterocycles. The molecule has 33 heavy (non-hydrogen) atoms. The molecular weight excluding hydrogens is 420 g/mol. The first-order chi connectivity index (χ1) is 15.9. The van der Waals surface area contributed by atoms with Gasteiger partial charge in [0, 0.05) is 24.1 Å². The molecule has 7 nitrogen and oxygen atoms in total. The third-order valence-corrected chi connectivity index (χ3v) is 5.71. The number of benzene rings is 1. The number of rotatable bonds is 16. The number of aryl methyl sites for hydroxylation is 1. The normalized spacial score (nSPS) is 11.3. The molecule has 0 amide bonds. The maximum atomic E-state index is 13.5. The van der Waals surface area contributed by atoms with Gasteiger partial charge in [0.05, 0.1) is 23.2 Å². The fourth-order valence-electron chi connectivity index (χ4n) is 3.96. The van der Waals surface area contributed by atoms with Crippen LogP contribution in [0.15, 0.2) is 23.0 Å². The van der Waals surface area contributed by atoms with Crippen LogP contribution < -0.4 is 15.0 Å². The number of hydrogen-bond acceptors (Lipinski definition) is 5. The molecule has 0 radical (unpaired) electrons. The highest BCUT2D eigenvalue weighted by Gasteiger charge is 2.22. The van der Waals surface area contributed by atoms with Crippen LogP contribution in [-0.4, -0.2) is 22.2 Å². The smallest absolute Gasteiger partial charge is 0.297 e. The molecule has 2 aromatic rings. The SMILES string of the molecule is CCCCCCCCn1c(=O)c(OC(C)C)c(OCCCCCC)c2ccc([N+](=O)[O-])cc21. The summed E-state index contributed by atoms with van der Waals surface area (Å²) in [5.41, 5.74) is 0.209. The third-order valence-electron chi connectivity index (χ3n) is 5.71. The maximum absolute atomic E-state index is 13.5. The molecule has 0 bridgehead atoms.